The summed E-state index contributed by atoms with van der Waals surface area (Å²) in [6.07, 6.45) is 7.56. The van der Waals surface area contributed by atoms with Gasteiger partial charge in [0.1, 0.15) is 0 Å². The molecule has 5 N–H and O–H groups in total. The molecule has 166 valence electrons. The summed E-state index contributed by atoms with van der Waals surface area (Å²) in [6.45, 7) is 1.13. The summed E-state index contributed by atoms with van der Waals surface area (Å²) in [4.78, 5) is 40.2. The van der Waals surface area contributed by atoms with Crippen molar-refractivity contribution in [3.63, 3.8) is 0 Å². The maximum Gasteiger partial charge on any atom is 0.290 e. The minimum absolute atomic E-state index is 0.0495. The van der Waals surface area contributed by atoms with Crippen LogP contribution in [0.4, 0.5) is 0 Å². The molecule has 0 atom stereocenters. The van der Waals surface area contributed by atoms with Gasteiger partial charge in [0.25, 0.3) is 11.8 Å². The molecule has 0 spiro atoms. The highest BCUT2D eigenvalue weighted by atomic mass is 16.2. The molecule has 0 saturated heterocycles. The van der Waals surface area contributed by atoms with Crippen LogP contribution in [-0.2, 0) is 20.9 Å². The van der Waals surface area contributed by atoms with E-state index in [1.54, 1.807) is 18.3 Å². The number of pyridine rings is 1. The number of hydrogen-bond acceptors (Lipinski definition) is 8. The molecule has 2 heterocycles. The molecule has 31 heavy (non-hydrogen) atoms. The van der Waals surface area contributed by atoms with Crippen molar-refractivity contribution >= 4 is 29.4 Å². The van der Waals surface area contributed by atoms with Crippen LogP contribution in [0.5, 0.6) is 0 Å². The zero-order valence-corrected chi connectivity index (χ0v) is 17.3. The molecule has 0 aromatic carbocycles. The molecule has 2 aliphatic rings. The van der Waals surface area contributed by atoms with Gasteiger partial charge in [-0.3, -0.25) is 30.2 Å². The molecule has 0 bridgehead atoms. The number of carbonyl (C=O) groups excluding carboxylic acids is 3. The van der Waals surface area contributed by atoms with E-state index in [-0.39, 0.29) is 24.1 Å². The number of amidine groups is 2. The fraction of sp³-hybridized carbons (Fsp3) is 0.500. The highest BCUT2D eigenvalue weighted by molar-refractivity contribution is 6.42. The summed E-state index contributed by atoms with van der Waals surface area (Å²) in [7, 11) is 0. The first-order valence-corrected chi connectivity index (χ1v) is 10.5. The maximum absolute atomic E-state index is 12.1. The van der Waals surface area contributed by atoms with Gasteiger partial charge < -0.3 is 16.0 Å². The first-order valence-electron chi connectivity index (χ1n) is 10.5. The van der Waals surface area contributed by atoms with Gasteiger partial charge in [-0.05, 0) is 37.3 Å². The number of hydrazone groups is 2. The molecule has 0 radical (unpaired) electrons. The second-order valence-electron chi connectivity index (χ2n) is 7.46. The van der Waals surface area contributed by atoms with Crippen LogP contribution in [0.15, 0.2) is 34.6 Å². The Kier molecular flexibility index (Phi) is 8.32. The molecule has 11 nitrogen and oxygen atoms in total. The van der Waals surface area contributed by atoms with E-state index in [4.69, 9.17) is 0 Å². The summed E-state index contributed by atoms with van der Waals surface area (Å²) in [5.41, 5.74) is 5.63. The van der Waals surface area contributed by atoms with Crippen molar-refractivity contribution < 1.29 is 14.4 Å². The summed E-state index contributed by atoms with van der Waals surface area (Å²) < 4.78 is 0. The van der Waals surface area contributed by atoms with Crippen LogP contribution in [0.1, 0.15) is 44.2 Å². The van der Waals surface area contributed by atoms with E-state index in [9.17, 15) is 14.4 Å². The lowest BCUT2D eigenvalue weighted by molar-refractivity contribution is -0.122. The third kappa shape index (κ3) is 7.36. The summed E-state index contributed by atoms with van der Waals surface area (Å²) in [5.74, 6) is -0.450. The highest BCUT2D eigenvalue weighted by Crippen LogP contribution is 2.27. The van der Waals surface area contributed by atoms with E-state index >= 15 is 0 Å². The second kappa shape index (κ2) is 11.6. The van der Waals surface area contributed by atoms with E-state index in [2.05, 4.69) is 42.0 Å². The largest absolute Gasteiger partial charge is 0.356 e. The van der Waals surface area contributed by atoms with Gasteiger partial charge in [0.15, 0.2) is 0 Å². The zero-order valence-electron chi connectivity index (χ0n) is 17.3. The van der Waals surface area contributed by atoms with E-state index < -0.39 is 11.8 Å². The molecule has 0 unspecified atom stereocenters. The Balaban J connectivity index is 1.28. The molecule has 3 amide bonds. The van der Waals surface area contributed by atoms with Crippen molar-refractivity contribution in [2.75, 3.05) is 13.1 Å². The average Bonchev–Trinajstić information content (AvgIpc) is 3.31. The van der Waals surface area contributed by atoms with Crippen molar-refractivity contribution in [2.45, 2.75) is 45.1 Å². The Labute approximate surface area is 180 Å². The van der Waals surface area contributed by atoms with Gasteiger partial charge in [-0.1, -0.05) is 18.9 Å². The lowest BCUT2D eigenvalue weighted by atomic mass is 10.0. The van der Waals surface area contributed by atoms with Crippen LogP contribution >= 0.6 is 0 Å². The highest BCUT2D eigenvalue weighted by Gasteiger charge is 2.20. The fourth-order valence-corrected chi connectivity index (χ4v) is 3.38. The molecule has 1 aromatic heterocycles. The lowest BCUT2D eigenvalue weighted by Crippen LogP contribution is -2.48. The number of carbonyl (C=O) groups is 3. The molecule has 3 rings (SSSR count). The number of hydrogen-bond donors (Lipinski definition) is 5. The van der Waals surface area contributed by atoms with Crippen molar-refractivity contribution in [1.82, 2.24) is 31.8 Å². The van der Waals surface area contributed by atoms with Crippen molar-refractivity contribution in [1.29, 1.82) is 0 Å². The average molecular weight is 428 g/mol. The van der Waals surface area contributed by atoms with Gasteiger partial charge in [-0.25, -0.2) is 0 Å². The Hall–Kier alpha value is -3.50. The molecule has 1 aromatic rings. The Morgan fingerprint density at radius 2 is 1.61 bits per heavy atom. The predicted molar refractivity (Wildman–Crippen MR) is 114 cm³/mol. The maximum atomic E-state index is 12.1. The van der Waals surface area contributed by atoms with Gasteiger partial charge in [0, 0.05) is 25.7 Å². The summed E-state index contributed by atoms with van der Waals surface area (Å²) in [5, 5.41) is 15.9. The van der Waals surface area contributed by atoms with Crippen LogP contribution in [0.2, 0.25) is 0 Å². The van der Waals surface area contributed by atoms with Crippen LogP contribution in [0.3, 0.4) is 0 Å². The monoisotopic (exact) mass is 428 g/mol. The molecule has 1 saturated carbocycles. The predicted octanol–water partition coefficient (Wildman–Crippen LogP) is -0.280. The van der Waals surface area contributed by atoms with E-state index in [1.807, 2.05) is 6.07 Å². The molecule has 11 heteroatoms. The Morgan fingerprint density at radius 3 is 2.26 bits per heavy atom. The quantitative estimate of drug-likeness (QED) is 0.324. The first kappa shape index (κ1) is 22.2. The number of nitrogens with zero attached hydrogens (tertiary/aromatic N) is 3. The second-order valence-corrected chi connectivity index (χ2v) is 7.46. The van der Waals surface area contributed by atoms with E-state index in [0.717, 1.165) is 12.8 Å². The van der Waals surface area contributed by atoms with Crippen molar-refractivity contribution in [3.05, 3.63) is 30.1 Å². The van der Waals surface area contributed by atoms with Crippen LogP contribution in [-0.4, -0.2) is 47.5 Å². The summed E-state index contributed by atoms with van der Waals surface area (Å²) >= 11 is 0. The number of amides is 3. The van der Waals surface area contributed by atoms with Crippen LogP contribution in [0.25, 0.3) is 0 Å². The fourth-order valence-electron chi connectivity index (χ4n) is 3.38. The molecular formula is C20H28N8O3. The molecular weight excluding hydrogens is 400 g/mol. The van der Waals surface area contributed by atoms with Crippen LogP contribution in [0, 0.1) is 5.92 Å². The van der Waals surface area contributed by atoms with E-state index in [0.29, 0.717) is 37.5 Å². The SMILES string of the molecule is O=C(CC1CCCC1)NCCCNC(=O)C1=NNC(C(=O)NCc2ccccn2)=NN1. The number of rotatable bonds is 10. The van der Waals surface area contributed by atoms with Gasteiger partial charge in [0.05, 0.1) is 12.2 Å². The third-order valence-corrected chi connectivity index (χ3v) is 5.04. The minimum Gasteiger partial charge on any atom is -0.356 e. The third-order valence-electron chi connectivity index (χ3n) is 5.04. The van der Waals surface area contributed by atoms with Gasteiger partial charge in [-0.15, -0.1) is 10.2 Å². The first-order chi connectivity index (χ1) is 15.1. The number of aromatic nitrogens is 1. The van der Waals surface area contributed by atoms with Crippen molar-refractivity contribution in [2.24, 2.45) is 16.1 Å². The lowest BCUT2D eigenvalue weighted by Gasteiger charge is -2.14. The molecule has 1 aliphatic carbocycles. The minimum atomic E-state index is -0.477. The van der Waals surface area contributed by atoms with E-state index in [1.165, 1.54) is 12.8 Å². The van der Waals surface area contributed by atoms with Crippen LogP contribution < -0.4 is 26.8 Å². The Bertz CT molecular complexity index is 834. The topological polar surface area (TPSA) is 149 Å². The summed E-state index contributed by atoms with van der Waals surface area (Å²) in [6, 6.07) is 5.40. The Morgan fingerprint density at radius 1 is 0.935 bits per heavy atom. The smallest absolute Gasteiger partial charge is 0.290 e. The normalized spacial score (nSPS) is 15.7. The standard InChI is InChI=1S/C20H28N8O3/c29-16(12-14-6-1-2-7-14)22-10-5-11-23-19(30)17-25-27-18(28-26-17)20(31)24-13-15-8-3-4-9-21-15/h3-4,8-9,14H,1-2,5-7,10-13H2,(H,22,29)(H,23,30)(H,24,31)(H,25,26)(H,27,28). The van der Waals surface area contributed by atoms with Crippen molar-refractivity contribution in [3.8, 4) is 0 Å². The molecule has 1 aliphatic heterocycles. The van der Waals surface area contributed by atoms with Gasteiger partial charge in [0.2, 0.25) is 17.6 Å². The zero-order chi connectivity index (χ0) is 21.9. The number of nitrogens with one attached hydrogen (secondary N) is 5. The van der Waals surface area contributed by atoms with Gasteiger partial charge >= 0.3 is 0 Å². The molecule has 1 fully saturated rings. The van der Waals surface area contributed by atoms with Gasteiger partial charge in [-0.2, -0.15) is 0 Å².